The molecule has 1 atom stereocenters. The Kier molecular flexibility index (Phi) is 6.95. The molecule has 4 aromatic rings. The van der Waals surface area contributed by atoms with Gasteiger partial charge in [0.25, 0.3) is 5.56 Å². The molecule has 3 heterocycles. The van der Waals surface area contributed by atoms with Gasteiger partial charge >= 0.3 is 0 Å². The fourth-order valence-electron chi connectivity index (χ4n) is 5.92. The molecule has 1 saturated carbocycles. The average molecular weight is 531 g/mol. The second kappa shape index (κ2) is 10.7. The van der Waals surface area contributed by atoms with Gasteiger partial charge in [-0.05, 0) is 59.0 Å². The van der Waals surface area contributed by atoms with E-state index in [2.05, 4.69) is 39.3 Å². The Bertz CT molecular complexity index is 1510. The largest absolute Gasteiger partial charge is 0.497 e. The van der Waals surface area contributed by atoms with E-state index in [4.69, 9.17) is 14.2 Å². The van der Waals surface area contributed by atoms with Crippen LogP contribution in [0.25, 0.3) is 10.9 Å². The number of pyridine rings is 1. The molecule has 2 aliphatic rings. The van der Waals surface area contributed by atoms with Crippen molar-refractivity contribution in [2.24, 2.45) is 5.92 Å². The molecule has 1 aliphatic carbocycles. The van der Waals surface area contributed by atoms with Gasteiger partial charge < -0.3 is 19.2 Å². The van der Waals surface area contributed by atoms with Crippen molar-refractivity contribution in [3.05, 3.63) is 69.8 Å². The number of hydrogen-bond acceptors (Lipinski definition) is 8. The molecule has 0 bridgehead atoms. The number of H-pyrrole nitrogens is 1. The molecule has 39 heavy (non-hydrogen) atoms. The van der Waals surface area contributed by atoms with Gasteiger partial charge in [-0.2, -0.15) is 0 Å². The summed E-state index contributed by atoms with van der Waals surface area (Å²) in [6.45, 7) is 5.65. The zero-order valence-corrected chi connectivity index (χ0v) is 22.6. The lowest BCUT2D eigenvalue weighted by molar-refractivity contribution is 0.0844. The first-order valence-electron chi connectivity index (χ1n) is 13.6. The Labute approximate surface area is 226 Å². The van der Waals surface area contributed by atoms with Crippen LogP contribution in [0.3, 0.4) is 0 Å². The molecule has 0 amide bonds. The highest BCUT2D eigenvalue weighted by molar-refractivity contribution is 5.83. The van der Waals surface area contributed by atoms with Crippen molar-refractivity contribution >= 4 is 10.9 Å². The summed E-state index contributed by atoms with van der Waals surface area (Å²) in [7, 11) is 1.66. The van der Waals surface area contributed by atoms with Crippen LogP contribution in [0.5, 0.6) is 17.2 Å². The number of ether oxygens (including phenoxy) is 3. The van der Waals surface area contributed by atoms with Crippen LogP contribution < -0.4 is 19.8 Å². The predicted molar refractivity (Wildman–Crippen MR) is 146 cm³/mol. The van der Waals surface area contributed by atoms with Gasteiger partial charge in [0.15, 0.2) is 17.3 Å². The fourth-order valence-corrected chi connectivity index (χ4v) is 5.92. The molecule has 0 spiro atoms. The van der Waals surface area contributed by atoms with E-state index in [9.17, 15) is 4.79 Å². The lowest BCUT2D eigenvalue weighted by atomic mass is 9.97. The molecular weight excluding hydrogens is 496 g/mol. The average Bonchev–Trinajstić information content (AvgIpc) is 3.71. The number of rotatable bonds is 9. The summed E-state index contributed by atoms with van der Waals surface area (Å²) in [6.07, 6.45) is 4.54. The van der Waals surface area contributed by atoms with E-state index in [0.29, 0.717) is 36.2 Å². The van der Waals surface area contributed by atoms with Gasteiger partial charge in [-0.25, -0.2) is 4.68 Å². The van der Waals surface area contributed by atoms with Crippen molar-refractivity contribution < 1.29 is 14.2 Å². The minimum Gasteiger partial charge on any atom is -0.497 e. The third kappa shape index (κ3) is 5.08. The van der Waals surface area contributed by atoms with Crippen molar-refractivity contribution in [2.45, 2.75) is 64.7 Å². The topological polar surface area (TPSA) is 107 Å². The van der Waals surface area contributed by atoms with Crippen LogP contribution >= 0.6 is 0 Å². The Morgan fingerprint density at radius 3 is 2.56 bits per heavy atom. The second-order valence-electron chi connectivity index (χ2n) is 10.8. The number of nitrogens with one attached hydrogen (secondary N) is 1. The number of hydrogen-bond donors (Lipinski definition) is 1. The number of methoxy groups -OCH3 is 1. The summed E-state index contributed by atoms with van der Waals surface area (Å²) < 4.78 is 18.3. The van der Waals surface area contributed by atoms with Crippen LogP contribution in [0.2, 0.25) is 0 Å². The fraction of sp³-hybridized carbons (Fsp3) is 0.448. The van der Waals surface area contributed by atoms with E-state index in [0.717, 1.165) is 40.9 Å². The molecule has 1 aliphatic heterocycles. The molecule has 2 aromatic heterocycles. The minimum atomic E-state index is -0.0929. The lowest BCUT2D eigenvalue weighted by Gasteiger charge is -2.38. The van der Waals surface area contributed by atoms with Gasteiger partial charge in [-0.1, -0.05) is 38.8 Å². The molecule has 10 heteroatoms. The van der Waals surface area contributed by atoms with Gasteiger partial charge in [0.2, 0.25) is 6.79 Å². The van der Waals surface area contributed by atoms with Crippen molar-refractivity contribution in [3.8, 4) is 17.2 Å². The number of fused-ring (bicyclic) bond motifs is 2. The van der Waals surface area contributed by atoms with Gasteiger partial charge in [0.1, 0.15) is 5.75 Å². The number of aromatic amines is 1. The van der Waals surface area contributed by atoms with E-state index in [-0.39, 0.29) is 24.3 Å². The maximum Gasteiger partial charge on any atom is 0.252 e. The van der Waals surface area contributed by atoms with E-state index in [1.54, 1.807) is 7.11 Å². The smallest absolute Gasteiger partial charge is 0.252 e. The minimum absolute atomic E-state index is 0.0619. The van der Waals surface area contributed by atoms with E-state index in [1.165, 1.54) is 12.8 Å². The molecule has 204 valence electrons. The van der Waals surface area contributed by atoms with Crippen LogP contribution in [-0.4, -0.2) is 50.0 Å². The zero-order valence-electron chi connectivity index (χ0n) is 22.6. The summed E-state index contributed by atoms with van der Waals surface area (Å²) >= 11 is 0. The van der Waals surface area contributed by atoms with Crippen molar-refractivity contribution in [3.63, 3.8) is 0 Å². The van der Waals surface area contributed by atoms with Crippen molar-refractivity contribution in [2.75, 3.05) is 13.9 Å². The SMILES string of the molecule is COc1ccc(Cn2nnnc2[C@@H](C(C)C)N(Cc2cc3cc4c(cc3[nH]c2=O)OCO4)C2CCCC2)cc1. The van der Waals surface area contributed by atoms with Crippen LogP contribution in [0.15, 0.2) is 47.3 Å². The predicted octanol–water partition coefficient (Wildman–Crippen LogP) is 4.44. The molecule has 0 radical (unpaired) electrons. The van der Waals surface area contributed by atoms with Gasteiger partial charge in [-0.3, -0.25) is 9.69 Å². The Morgan fingerprint density at radius 2 is 1.85 bits per heavy atom. The normalized spacial score (nSPS) is 16.0. The molecule has 2 aromatic carbocycles. The molecular formula is C29H34N6O4. The Morgan fingerprint density at radius 1 is 1.10 bits per heavy atom. The van der Waals surface area contributed by atoms with E-state index < -0.39 is 0 Å². The summed E-state index contributed by atoms with van der Waals surface area (Å²) in [4.78, 5) is 18.8. The highest BCUT2D eigenvalue weighted by atomic mass is 16.7. The number of nitrogens with zero attached hydrogens (tertiary/aromatic N) is 5. The summed E-state index contributed by atoms with van der Waals surface area (Å²) in [5.74, 6) is 3.20. The second-order valence-corrected chi connectivity index (χ2v) is 10.8. The van der Waals surface area contributed by atoms with Crippen molar-refractivity contribution in [1.82, 2.24) is 30.1 Å². The molecule has 0 saturated heterocycles. The molecule has 6 rings (SSSR count). The van der Waals surface area contributed by atoms with Crippen LogP contribution in [0, 0.1) is 5.92 Å². The maximum atomic E-state index is 13.3. The first kappa shape index (κ1) is 25.4. The molecule has 1 N–H and O–H groups in total. The quantitative estimate of drug-likeness (QED) is 0.338. The van der Waals surface area contributed by atoms with Gasteiger partial charge in [0.05, 0.1) is 25.2 Å². The highest BCUT2D eigenvalue weighted by Crippen LogP contribution is 2.38. The number of aromatic nitrogens is 5. The van der Waals surface area contributed by atoms with Gasteiger partial charge in [0, 0.05) is 29.6 Å². The zero-order chi connectivity index (χ0) is 26.9. The van der Waals surface area contributed by atoms with Crippen LogP contribution in [-0.2, 0) is 13.1 Å². The van der Waals surface area contributed by atoms with Crippen LogP contribution in [0.4, 0.5) is 0 Å². The monoisotopic (exact) mass is 530 g/mol. The van der Waals surface area contributed by atoms with Crippen LogP contribution in [0.1, 0.15) is 62.5 Å². The maximum absolute atomic E-state index is 13.3. The Balaban J connectivity index is 1.35. The lowest BCUT2D eigenvalue weighted by Crippen LogP contribution is -2.41. The first-order valence-corrected chi connectivity index (χ1v) is 13.6. The molecule has 10 nitrogen and oxygen atoms in total. The Hall–Kier alpha value is -3.92. The summed E-state index contributed by atoms with van der Waals surface area (Å²) in [5.41, 5.74) is 2.45. The third-order valence-electron chi connectivity index (χ3n) is 7.87. The number of benzene rings is 2. The van der Waals surface area contributed by atoms with E-state index >= 15 is 0 Å². The van der Waals surface area contributed by atoms with Crippen molar-refractivity contribution in [1.29, 1.82) is 0 Å². The highest BCUT2D eigenvalue weighted by Gasteiger charge is 2.35. The van der Waals surface area contributed by atoms with E-state index in [1.807, 2.05) is 47.1 Å². The standard InChI is InChI=1S/C29H34N6O4/c1-18(2)27(28-31-32-33-35(28)15-19-8-10-23(37-3)11-9-19)34(22-6-4-5-7-22)16-21-12-20-13-25-26(39-17-38-25)14-24(20)30-29(21)36/h8-14,18,22,27H,4-7,15-17H2,1-3H3,(H,30,36)/t27-/m1/s1. The summed E-state index contributed by atoms with van der Waals surface area (Å²) in [5, 5.41) is 13.9. The molecule has 0 unspecified atom stereocenters. The third-order valence-corrected chi connectivity index (χ3v) is 7.87. The molecule has 1 fully saturated rings. The summed E-state index contributed by atoms with van der Waals surface area (Å²) in [6, 6.07) is 14.0. The first-order chi connectivity index (χ1) is 19.0. The van der Waals surface area contributed by atoms with Gasteiger partial charge in [-0.15, -0.1) is 5.10 Å². The number of tetrazole rings is 1.